The van der Waals surface area contributed by atoms with Gasteiger partial charge in [-0.1, -0.05) is 0 Å². The number of hydrogen-bond acceptors (Lipinski definition) is 2. The molecule has 1 N–H and O–H groups in total. The quantitative estimate of drug-likeness (QED) is 0.773. The van der Waals surface area contributed by atoms with Crippen LogP contribution in [0.5, 0.6) is 0 Å². The standard InChI is InChI=1S/C10H13Cl2NO3/c11-10(12)5-6(10)8(14)13-4-2-1-3-7(13)9(15)16/h6-7H,1-5H2,(H,15,16). The van der Waals surface area contributed by atoms with Crippen LogP contribution in [0.1, 0.15) is 25.7 Å². The molecule has 2 rings (SSSR count). The van der Waals surface area contributed by atoms with E-state index in [1.807, 2.05) is 0 Å². The molecular weight excluding hydrogens is 253 g/mol. The fourth-order valence-corrected chi connectivity index (χ4v) is 2.63. The van der Waals surface area contributed by atoms with Gasteiger partial charge in [-0.3, -0.25) is 4.79 Å². The summed E-state index contributed by atoms with van der Waals surface area (Å²) < 4.78 is -0.975. The van der Waals surface area contributed by atoms with Crippen LogP contribution in [0.3, 0.4) is 0 Å². The highest BCUT2D eigenvalue weighted by molar-refractivity contribution is 6.52. The monoisotopic (exact) mass is 265 g/mol. The van der Waals surface area contributed by atoms with E-state index < -0.39 is 22.3 Å². The Bertz CT molecular complexity index is 332. The minimum atomic E-state index is -0.975. The van der Waals surface area contributed by atoms with Gasteiger partial charge in [-0.05, 0) is 25.7 Å². The minimum Gasteiger partial charge on any atom is -0.480 e. The molecule has 1 aliphatic carbocycles. The number of carboxylic acids is 1. The van der Waals surface area contributed by atoms with E-state index in [9.17, 15) is 9.59 Å². The van der Waals surface area contributed by atoms with Gasteiger partial charge in [0.1, 0.15) is 10.4 Å². The van der Waals surface area contributed by atoms with Gasteiger partial charge in [-0.2, -0.15) is 0 Å². The van der Waals surface area contributed by atoms with Crippen molar-refractivity contribution >= 4 is 35.1 Å². The van der Waals surface area contributed by atoms with E-state index >= 15 is 0 Å². The van der Waals surface area contributed by atoms with Crippen molar-refractivity contribution in [3.05, 3.63) is 0 Å². The van der Waals surface area contributed by atoms with Gasteiger partial charge in [0.25, 0.3) is 0 Å². The Balaban J connectivity index is 2.06. The van der Waals surface area contributed by atoms with Gasteiger partial charge in [0.05, 0.1) is 5.92 Å². The maximum absolute atomic E-state index is 12.0. The molecule has 0 aromatic carbocycles. The van der Waals surface area contributed by atoms with Crippen LogP contribution >= 0.6 is 23.2 Å². The fourth-order valence-electron chi connectivity index (χ4n) is 2.13. The molecule has 1 aliphatic heterocycles. The first-order chi connectivity index (χ1) is 7.43. The van der Waals surface area contributed by atoms with Crippen molar-refractivity contribution < 1.29 is 14.7 Å². The largest absolute Gasteiger partial charge is 0.480 e. The molecule has 1 saturated heterocycles. The topological polar surface area (TPSA) is 57.6 Å². The highest BCUT2D eigenvalue weighted by Crippen LogP contribution is 2.54. The van der Waals surface area contributed by atoms with E-state index in [0.717, 1.165) is 12.8 Å². The molecule has 0 aromatic heterocycles. The van der Waals surface area contributed by atoms with Crippen LogP contribution in [0.2, 0.25) is 0 Å². The summed E-state index contributed by atoms with van der Waals surface area (Å²) in [5.74, 6) is -1.57. The van der Waals surface area contributed by atoms with Gasteiger partial charge in [-0.25, -0.2) is 4.79 Å². The van der Waals surface area contributed by atoms with Crippen molar-refractivity contribution in [1.82, 2.24) is 4.90 Å². The number of nitrogens with zero attached hydrogens (tertiary/aromatic N) is 1. The van der Waals surface area contributed by atoms with Crippen molar-refractivity contribution in [2.45, 2.75) is 36.1 Å². The highest BCUT2D eigenvalue weighted by Gasteiger charge is 2.58. The first kappa shape index (κ1) is 12.0. The van der Waals surface area contributed by atoms with Crippen molar-refractivity contribution in [3.8, 4) is 0 Å². The zero-order valence-corrected chi connectivity index (χ0v) is 10.2. The molecule has 90 valence electrons. The summed E-state index contributed by atoms with van der Waals surface area (Å²) in [6, 6.07) is -0.703. The molecule has 6 heteroatoms. The zero-order valence-electron chi connectivity index (χ0n) is 8.66. The summed E-state index contributed by atoms with van der Waals surface area (Å²) in [5.41, 5.74) is 0. The van der Waals surface area contributed by atoms with Crippen molar-refractivity contribution in [2.24, 2.45) is 5.92 Å². The molecule has 0 aromatic rings. The zero-order chi connectivity index (χ0) is 11.9. The number of carbonyl (C=O) groups is 2. The van der Waals surface area contributed by atoms with Crippen LogP contribution in [-0.2, 0) is 9.59 Å². The smallest absolute Gasteiger partial charge is 0.326 e. The van der Waals surface area contributed by atoms with Crippen LogP contribution in [0.25, 0.3) is 0 Å². The molecular formula is C10H13Cl2NO3. The van der Waals surface area contributed by atoms with Crippen LogP contribution < -0.4 is 0 Å². The number of rotatable bonds is 2. The summed E-state index contributed by atoms with van der Waals surface area (Å²) in [4.78, 5) is 24.4. The normalized spacial score (nSPS) is 32.2. The summed E-state index contributed by atoms with van der Waals surface area (Å²) in [6.45, 7) is 0.496. The van der Waals surface area contributed by atoms with E-state index in [2.05, 4.69) is 0 Å². The number of carbonyl (C=O) groups excluding carboxylic acids is 1. The molecule has 16 heavy (non-hydrogen) atoms. The predicted octanol–water partition coefficient (Wildman–Crippen LogP) is 1.65. The fraction of sp³-hybridized carbons (Fsp3) is 0.800. The van der Waals surface area contributed by atoms with Gasteiger partial charge in [0, 0.05) is 6.54 Å². The van der Waals surface area contributed by atoms with E-state index in [-0.39, 0.29) is 5.91 Å². The Morgan fingerprint density at radius 3 is 2.44 bits per heavy atom. The minimum absolute atomic E-state index is 0.211. The number of alkyl halides is 2. The molecule has 2 fully saturated rings. The first-order valence-electron chi connectivity index (χ1n) is 5.34. The molecule has 2 unspecified atom stereocenters. The number of halogens is 2. The summed E-state index contributed by atoms with van der Waals surface area (Å²) >= 11 is 11.6. The number of hydrogen-bond donors (Lipinski definition) is 1. The van der Waals surface area contributed by atoms with Gasteiger partial charge >= 0.3 is 5.97 Å². The molecule has 1 heterocycles. The SMILES string of the molecule is O=C(O)C1CCCCN1C(=O)C1CC1(Cl)Cl. The Hall–Kier alpha value is -0.480. The van der Waals surface area contributed by atoms with Gasteiger partial charge in [-0.15, -0.1) is 23.2 Å². The Kier molecular flexibility index (Phi) is 3.05. The molecule has 0 radical (unpaired) electrons. The van der Waals surface area contributed by atoms with Crippen LogP contribution in [0.15, 0.2) is 0 Å². The number of likely N-dealkylation sites (tertiary alicyclic amines) is 1. The second-order valence-electron chi connectivity index (χ2n) is 4.40. The molecule has 2 atom stereocenters. The lowest BCUT2D eigenvalue weighted by atomic mass is 10.0. The highest BCUT2D eigenvalue weighted by atomic mass is 35.5. The Morgan fingerprint density at radius 2 is 1.94 bits per heavy atom. The average molecular weight is 266 g/mol. The molecule has 1 amide bonds. The molecule has 0 spiro atoms. The third kappa shape index (κ3) is 2.13. The second kappa shape index (κ2) is 4.08. The van der Waals surface area contributed by atoms with Crippen LogP contribution in [0.4, 0.5) is 0 Å². The summed E-state index contributed by atoms with van der Waals surface area (Å²) in [7, 11) is 0. The van der Waals surface area contributed by atoms with Gasteiger partial charge in [0.2, 0.25) is 5.91 Å². The predicted molar refractivity (Wildman–Crippen MR) is 59.5 cm³/mol. The maximum Gasteiger partial charge on any atom is 0.326 e. The number of piperidine rings is 1. The van der Waals surface area contributed by atoms with Gasteiger partial charge < -0.3 is 10.0 Å². The van der Waals surface area contributed by atoms with Crippen LogP contribution in [0, 0.1) is 5.92 Å². The average Bonchev–Trinajstić information content (AvgIpc) is 2.86. The third-order valence-corrected chi connectivity index (χ3v) is 4.03. The van der Waals surface area contributed by atoms with Crippen molar-refractivity contribution in [2.75, 3.05) is 6.54 Å². The Labute approximate surface area is 103 Å². The van der Waals surface area contributed by atoms with Gasteiger partial charge in [0.15, 0.2) is 0 Å². The lowest BCUT2D eigenvalue weighted by Crippen LogP contribution is -2.49. The number of amides is 1. The summed E-state index contributed by atoms with van der Waals surface area (Å²) in [5, 5.41) is 9.03. The van der Waals surface area contributed by atoms with Crippen LogP contribution in [-0.4, -0.2) is 38.8 Å². The Morgan fingerprint density at radius 1 is 1.31 bits per heavy atom. The molecule has 2 aliphatic rings. The van der Waals surface area contributed by atoms with Crippen molar-refractivity contribution in [3.63, 3.8) is 0 Å². The summed E-state index contributed by atoms with van der Waals surface area (Å²) in [6.07, 6.45) is 2.64. The van der Waals surface area contributed by atoms with E-state index in [0.29, 0.717) is 19.4 Å². The molecule has 0 bridgehead atoms. The molecule has 4 nitrogen and oxygen atoms in total. The third-order valence-electron chi connectivity index (χ3n) is 3.19. The van der Waals surface area contributed by atoms with E-state index in [4.69, 9.17) is 28.3 Å². The second-order valence-corrected chi connectivity index (χ2v) is 5.94. The number of aliphatic carboxylic acids is 1. The van der Waals surface area contributed by atoms with E-state index in [1.165, 1.54) is 4.90 Å². The first-order valence-corrected chi connectivity index (χ1v) is 6.10. The van der Waals surface area contributed by atoms with Crippen molar-refractivity contribution in [1.29, 1.82) is 0 Å². The van der Waals surface area contributed by atoms with E-state index in [1.54, 1.807) is 0 Å². The maximum atomic E-state index is 12.0. The molecule has 1 saturated carbocycles. The number of carboxylic acid groups (broad SMARTS) is 1. The lowest BCUT2D eigenvalue weighted by Gasteiger charge is -2.33. The lowest BCUT2D eigenvalue weighted by molar-refractivity contribution is -0.152.